The first-order valence-electron chi connectivity index (χ1n) is 5.77. The number of halogens is 1. The Bertz CT molecular complexity index is 647. The number of aryl methyl sites for hydroxylation is 1. The maximum Gasteiger partial charge on any atom is 0.147 e. The van der Waals surface area contributed by atoms with Gasteiger partial charge in [0.05, 0.1) is 17.3 Å². The highest BCUT2D eigenvalue weighted by atomic mass is 32.2. The lowest BCUT2D eigenvalue weighted by atomic mass is 10.1. The van der Waals surface area contributed by atoms with Gasteiger partial charge in [0.1, 0.15) is 5.82 Å². The summed E-state index contributed by atoms with van der Waals surface area (Å²) < 4.78 is 13.3. The van der Waals surface area contributed by atoms with Gasteiger partial charge < -0.3 is 5.73 Å². The Morgan fingerprint density at radius 1 is 1.26 bits per heavy atom. The van der Waals surface area contributed by atoms with E-state index in [1.165, 1.54) is 6.07 Å². The van der Waals surface area contributed by atoms with E-state index in [1.54, 1.807) is 23.9 Å². The summed E-state index contributed by atoms with van der Waals surface area (Å²) in [4.78, 5) is 0.843. The minimum atomic E-state index is -0.387. The van der Waals surface area contributed by atoms with Gasteiger partial charge in [0.15, 0.2) is 0 Å². The summed E-state index contributed by atoms with van der Waals surface area (Å²) in [6, 6.07) is 12.5. The molecule has 96 valence electrons. The van der Waals surface area contributed by atoms with Crippen LogP contribution >= 0.6 is 11.8 Å². The predicted molar refractivity (Wildman–Crippen MR) is 76.3 cm³/mol. The van der Waals surface area contributed by atoms with Crippen molar-refractivity contribution in [1.29, 1.82) is 5.26 Å². The van der Waals surface area contributed by atoms with Crippen LogP contribution in [0.5, 0.6) is 0 Å². The van der Waals surface area contributed by atoms with Crippen LogP contribution in [0.4, 0.5) is 10.1 Å². The van der Waals surface area contributed by atoms with Crippen LogP contribution in [0.3, 0.4) is 0 Å². The minimum absolute atomic E-state index is 0.166. The van der Waals surface area contributed by atoms with E-state index in [1.807, 2.05) is 25.1 Å². The monoisotopic (exact) mass is 272 g/mol. The molecule has 19 heavy (non-hydrogen) atoms. The fraction of sp³-hybridized carbons (Fsp3) is 0.133. The molecule has 0 unspecified atom stereocenters. The summed E-state index contributed by atoms with van der Waals surface area (Å²) >= 11 is 1.55. The normalized spacial score (nSPS) is 10.2. The first-order chi connectivity index (χ1) is 9.10. The highest BCUT2D eigenvalue weighted by Crippen LogP contribution is 2.26. The van der Waals surface area contributed by atoms with E-state index in [-0.39, 0.29) is 11.5 Å². The van der Waals surface area contributed by atoms with Crippen molar-refractivity contribution < 1.29 is 4.39 Å². The Morgan fingerprint density at radius 3 is 2.68 bits per heavy atom. The van der Waals surface area contributed by atoms with Gasteiger partial charge in [0.25, 0.3) is 0 Å². The van der Waals surface area contributed by atoms with Crippen molar-refractivity contribution in [1.82, 2.24) is 0 Å². The van der Waals surface area contributed by atoms with Crippen molar-refractivity contribution in [3.05, 3.63) is 58.9 Å². The Labute approximate surface area is 116 Å². The molecule has 2 N–H and O–H groups in total. The van der Waals surface area contributed by atoms with Crippen LogP contribution in [0.2, 0.25) is 0 Å². The molecule has 0 aromatic heterocycles. The zero-order valence-electron chi connectivity index (χ0n) is 10.5. The molecule has 0 radical (unpaired) electrons. The predicted octanol–water partition coefficient (Wildman–Crippen LogP) is 3.88. The third kappa shape index (κ3) is 3.27. The van der Waals surface area contributed by atoms with Crippen molar-refractivity contribution in [2.24, 2.45) is 0 Å². The lowest BCUT2D eigenvalue weighted by Gasteiger charge is -2.07. The van der Waals surface area contributed by atoms with E-state index in [0.717, 1.165) is 21.8 Å². The lowest BCUT2D eigenvalue weighted by Crippen LogP contribution is -1.91. The second-order valence-corrected chi connectivity index (χ2v) is 5.27. The molecule has 2 aromatic rings. The minimum Gasteiger partial charge on any atom is -0.396 e. The van der Waals surface area contributed by atoms with Crippen LogP contribution in [0.15, 0.2) is 41.3 Å². The van der Waals surface area contributed by atoms with Crippen molar-refractivity contribution in [2.75, 3.05) is 5.73 Å². The zero-order valence-corrected chi connectivity index (χ0v) is 11.3. The van der Waals surface area contributed by atoms with Gasteiger partial charge in [0, 0.05) is 10.6 Å². The molecule has 4 heteroatoms. The average molecular weight is 272 g/mol. The molecule has 0 heterocycles. The number of nitrogens with two attached hydrogens (primary N) is 1. The quantitative estimate of drug-likeness (QED) is 0.681. The Hall–Kier alpha value is -1.99. The molecule has 0 aliphatic carbocycles. The van der Waals surface area contributed by atoms with Gasteiger partial charge in [-0.05, 0) is 48.4 Å². The van der Waals surface area contributed by atoms with E-state index in [4.69, 9.17) is 11.0 Å². The van der Waals surface area contributed by atoms with Crippen molar-refractivity contribution in [2.45, 2.75) is 17.6 Å². The molecule has 0 fully saturated rings. The summed E-state index contributed by atoms with van der Waals surface area (Å²) in [5, 5.41) is 8.81. The smallest absolute Gasteiger partial charge is 0.147 e. The van der Waals surface area contributed by atoms with Gasteiger partial charge in [-0.15, -0.1) is 11.8 Å². The summed E-state index contributed by atoms with van der Waals surface area (Å²) in [5.41, 5.74) is 8.47. The molecule has 0 bridgehead atoms. The highest BCUT2D eigenvalue weighted by Gasteiger charge is 2.04. The molecule has 2 rings (SSSR count). The lowest BCUT2D eigenvalue weighted by molar-refractivity contribution is 0.629. The molecule has 0 aliphatic heterocycles. The molecule has 0 spiro atoms. The number of benzene rings is 2. The number of rotatable bonds is 3. The van der Waals surface area contributed by atoms with Gasteiger partial charge in [-0.1, -0.05) is 6.07 Å². The van der Waals surface area contributed by atoms with Crippen LogP contribution in [0.1, 0.15) is 16.7 Å². The summed E-state index contributed by atoms with van der Waals surface area (Å²) in [6.07, 6.45) is 0. The van der Waals surface area contributed by atoms with Crippen LogP contribution < -0.4 is 5.73 Å². The number of hydrogen-bond acceptors (Lipinski definition) is 3. The maximum atomic E-state index is 13.3. The van der Waals surface area contributed by atoms with Crippen molar-refractivity contribution >= 4 is 17.4 Å². The first-order valence-corrected chi connectivity index (χ1v) is 6.76. The maximum absolute atomic E-state index is 13.3. The number of nitrogens with zero attached hydrogens (tertiary/aromatic N) is 1. The second kappa shape index (κ2) is 5.77. The topological polar surface area (TPSA) is 49.8 Å². The van der Waals surface area contributed by atoms with Gasteiger partial charge in [0.2, 0.25) is 0 Å². The Morgan fingerprint density at radius 2 is 2.05 bits per heavy atom. The molecule has 0 saturated carbocycles. The third-order valence-corrected chi connectivity index (χ3v) is 3.88. The largest absolute Gasteiger partial charge is 0.396 e. The molecular weight excluding hydrogens is 259 g/mol. The van der Waals surface area contributed by atoms with E-state index in [0.29, 0.717) is 5.56 Å². The number of nitriles is 1. The van der Waals surface area contributed by atoms with E-state index < -0.39 is 0 Å². The van der Waals surface area contributed by atoms with Crippen LogP contribution in [0, 0.1) is 24.1 Å². The van der Waals surface area contributed by atoms with Crippen LogP contribution in [-0.4, -0.2) is 0 Å². The van der Waals surface area contributed by atoms with Crippen molar-refractivity contribution in [3.8, 4) is 6.07 Å². The fourth-order valence-electron chi connectivity index (χ4n) is 1.69. The summed E-state index contributed by atoms with van der Waals surface area (Å²) in [7, 11) is 0. The van der Waals surface area contributed by atoms with Gasteiger partial charge in [-0.25, -0.2) is 4.39 Å². The SMILES string of the molecule is Cc1cc(C#N)ccc1CSc1ccc(N)c(F)c1. The molecule has 0 aliphatic rings. The Balaban J connectivity index is 2.10. The van der Waals surface area contributed by atoms with E-state index in [2.05, 4.69) is 6.07 Å². The molecular formula is C15H13FN2S. The molecule has 2 aromatic carbocycles. The summed E-state index contributed by atoms with van der Waals surface area (Å²) in [6.45, 7) is 1.97. The fourth-order valence-corrected chi connectivity index (χ4v) is 2.68. The number of nitrogen functional groups attached to an aromatic ring is 1. The third-order valence-electron chi connectivity index (χ3n) is 2.84. The van der Waals surface area contributed by atoms with Crippen LogP contribution in [-0.2, 0) is 5.75 Å². The zero-order chi connectivity index (χ0) is 13.8. The number of thioether (sulfide) groups is 1. The standard InChI is InChI=1S/C15H13FN2S/c1-10-6-11(8-17)2-3-12(10)9-19-13-4-5-15(18)14(16)7-13/h2-7H,9,18H2,1H3. The highest BCUT2D eigenvalue weighted by molar-refractivity contribution is 7.98. The number of anilines is 1. The van der Waals surface area contributed by atoms with Gasteiger partial charge in [-0.2, -0.15) is 5.26 Å². The first kappa shape index (κ1) is 13.4. The van der Waals surface area contributed by atoms with Crippen molar-refractivity contribution in [3.63, 3.8) is 0 Å². The Kier molecular flexibility index (Phi) is 4.08. The summed E-state index contributed by atoms with van der Waals surface area (Å²) in [5.74, 6) is 0.350. The average Bonchev–Trinajstić information content (AvgIpc) is 2.41. The van der Waals surface area contributed by atoms with Crippen LogP contribution in [0.25, 0.3) is 0 Å². The van der Waals surface area contributed by atoms with E-state index >= 15 is 0 Å². The number of hydrogen-bond donors (Lipinski definition) is 1. The van der Waals surface area contributed by atoms with Gasteiger partial charge >= 0.3 is 0 Å². The second-order valence-electron chi connectivity index (χ2n) is 4.23. The molecule has 0 atom stereocenters. The molecule has 0 saturated heterocycles. The van der Waals surface area contributed by atoms with E-state index in [9.17, 15) is 4.39 Å². The molecule has 2 nitrogen and oxygen atoms in total. The molecule has 0 amide bonds. The van der Waals surface area contributed by atoms with Gasteiger partial charge in [-0.3, -0.25) is 0 Å².